The molecule has 0 radical (unpaired) electrons. The van der Waals surface area contributed by atoms with Crippen molar-refractivity contribution in [2.24, 2.45) is 0 Å². The second-order valence-corrected chi connectivity index (χ2v) is 5.35. The fourth-order valence-electron chi connectivity index (χ4n) is 1.09. The van der Waals surface area contributed by atoms with Gasteiger partial charge in [-0.1, -0.05) is 13.3 Å². The zero-order valence-corrected chi connectivity index (χ0v) is 12.1. The van der Waals surface area contributed by atoms with Crippen LogP contribution in [0.4, 0.5) is 39.5 Å². The highest BCUT2D eigenvalue weighted by atomic mass is 127. The molecule has 0 aromatic rings. The van der Waals surface area contributed by atoms with Crippen LogP contribution in [0.3, 0.4) is 0 Å². The molecule has 0 spiro atoms. The lowest BCUT2D eigenvalue weighted by Crippen LogP contribution is -2.60. The first kappa shape index (κ1) is 19.8. The van der Waals surface area contributed by atoms with E-state index in [-0.39, 0.29) is 6.42 Å². The number of hydrogen-bond acceptors (Lipinski definition) is 0. The van der Waals surface area contributed by atoms with Gasteiger partial charge in [0, 0.05) is 6.08 Å². The number of halogens is 10. The van der Waals surface area contributed by atoms with E-state index >= 15 is 0 Å². The molecule has 0 aliphatic rings. The SMILES string of the molecule is CCCCC(I)=CC(F)(F)C(F)(F)C(F)(F)C(F)(F)F. The summed E-state index contributed by atoms with van der Waals surface area (Å²) in [5.74, 6) is -19.0. The third kappa shape index (κ3) is 3.94. The van der Waals surface area contributed by atoms with Crippen molar-refractivity contribution in [2.45, 2.75) is 50.1 Å². The van der Waals surface area contributed by atoms with Crippen LogP contribution < -0.4 is 0 Å². The van der Waals surface area contributed by atoms with Crippen LogP contribution in [0.5, 0.6) is 0 Å². The zero-order valence-electron chi connectivity index (χ0n) is 9.98. The maximum atomic E-state index is 13.1. The van der Waals surface area contributed by atoms with Crippen LogP contribution in [0, 0.1) is 0 Å². The Morgan fingerprint density at radius 2 is 1.35 bits per heavy atom. The summed E-state index contributed by atoms with van der Waals surface area (Å²) >= 11 is 1.20. The van der Waals surface area contributed by atoms with Gasteiger partial charge in [-0.15, -0.1) is 0 Å². The largest absolute Gasteiger partial charge is 0.460 e. The first-order chi connectivity index (χ1) is 8.70. The van der Waals surface area contributed by atoms with Crippen molar-refractivity contribution in [3.8, 4) is 0 Å². The molecule has 120 valence electrons. The Morgan fingerprint density at radius 3 is 1.70 bits per heavy atom. The van der Waals surface area contributed by atoms with Gasteiger partial charge in [-0.2, -0.15) is 39.5 Å². The van der Waals surface area contributed by atoms with Crippen molar-refractivity contribution >= 4 is 22.6 Å². The van der Waals surface area contributed by atoms with Gasteiger partial charge in [-0.25, -0.2) is 0 Å². The molecule has 0 aliphatic heterocycles. The summed E-state index contributed by atoms with van der Waals surface area (Å²) in [6.45, 7) is 1.66. The van der Waals surface area contributed by atoms with Crippen LogP contribution in [-0.2, 0) is 0 Å². The Labute approximate surface area is 122 Å². The fraction of sp³-hybridized carbons (Fsp3) is 0.800. The van der Waals surface area contributed by atoms with Crippen molar-refractivity contribution in [2.75, 3.05) is 0 Å². The van der Waals surface area contributed by atoms with Gasteiger partial charge in [0.25, 0.3) is 0 Å². The Kier molecular flexibility index (Phi) is 6.25. The molecule has 0 saturated heterocycles. The molecule has 0 rings (SSSR count). The quantitative estimate of drug-likeness (QED) is 0.362. The van der Waals surface area contributed by atoms with Crippen LogP contribution in [0.1, 0.15) is 26.2 Å². The van der Waals surface area contributed by atoms with E-state index in [9.17, 15) is 39.5 Å². The number of rotatable bonds is 6. The minimum absolute atomic E-state index is 0.111. The predicted octanol–water partition coefficient (Wildman–Crippen LogP) is 5.96. The Balaban J connectivity index is 5.47. The summed E-state index contributed by atoms with van der Waals surface area (Å²) in [5, 5.41) is 0. The number of alkyl halides is 9. The highest BCUT2D eigenvalue weighted by Crippen LogP contribution is 2.53. The molecule has 0 fully saturated rings. The first-order valence-electron chi connectivity index (χ1n) is 5.28. The minimum atomic E-state index is -6.83. The van der Waals surface area contributed by atoms with E-state index in [1.807, 2.05) is 0 Å². The molecule has 0 nitrogen and oxygen atoms in total. The number of hydrogen-bond donors (Lipinski definition) is 0. The maximum Gasteiger partial charge on any atom is 0.460 e. The highest BCUT2D eigenvalue weighted by Gasteiger charge is 2.81. The number of unbranched alkanes of at least 4 members (excludes halogenated alkanes) is 1. The van der Waals surface area contributed by atoms with Crippen LogP contribution in [0.15, 0.2) is 9.66 Å². The summed E-state index contributed by atoms with van der Waals surface area (Å²) in [7, 11) is 0. The third-order valence-corrected chi connectivity index (χ3v) is 3.13. The second-order valence-electron chi connectivity index (χ2n) is 3.96. The third-order valence-electron chi connectivity index (χ3n) is 2.28. The van der Waals surface area contributed by atoms with E-state index in [2.05, 4.69) is 0 Å². The van der Waals surface area contributed by atoms with Crippen molar-refractivity contribution in [1.82, 2.24) is 0 Å². The van der Waals surface area contributed by atoms with Gasteiger partial charge in [-0.05, 0) is 39.0 Å². The average Bonchev–Trinajstić information content (AvgIpc) is 2.23. The van der Waals surface area contributed by atoms with Crippen molar-refractivity contribution in [3.05, 3.63) is 9.66 Å². The zero-order chi connectivity index (χ0) is 16.4. The molecule has 0 N–H and O–H groups in total. The van der Waals surface area contributed by atoms with E-state index in [0.717, 1.165) is 0 Å². The fourth-order valence-corrected chi connectivity index (χ4v) is 1.86. The van der Waals surface area contributed by atoms with Crippen LogP contribution >= 0.6 is 22.6 Å². The molecular weight excluding hydrogens is 418 g/mol. The molecule has 0 aromatic carbocycles. The Hall–Kier alpha value is -0.160. The lowest BCUT2D eigenvalue weighted by atomic mass is 10.0. The van der Waals surface area contributed by atoms with Gasteiger partial charge in [0.05, 0.1) is 0 Å². The second kappa shape index (κ2) is 6.30. The molecule has 10 heteroatoms. The minimum Gasteiger partial charge on any atom is -0.195 e. The molecule has 20 heavy (non-hydrogen) atoms. The standard InChI is InChI=1S/C10H10F9I/c1-2-3-4-6(20)5-7(11,12)8(13,14)9(15,16)10(17,18)19/h5H,2-4H2,1H3. The summed E-state index contributed by atoms with van der Waals surface area (Å²) in [6, 6.07) is 0. The molecule has 0 saturated carbocycles. The van der Waals surface area contributed by atoms with Gasteiger partial charge in [0.15, 0.2) is 0 Å². The molecular formula is C10H10F9I. The van der Waals surface area contributed by atoms with E-state index in [0.29, 0.717) is 12.8 Å². The monoisotopic (exact) mass is 428 g/mol. The molecule has 0 amide bonds. The summed E-state index contributed by atoms with van der Waals surface area (Å²) in [5.41, 5.74) is 0. The Morgan fingerprint density at radius 1 is 0.900 bits per heavy atom. The average molecular weight is 428 g/mol. The maximum absolute atomic E-state index is 13.1. The lowest BCUT2D eigenvalue weighted by Gasteiger charge is -2.32. The normalized spacial score (nSPS) is 15.7. The number of allylic oxidation sites excluding steroid dienone is 2. The summed E-state index contributed by atoms with van der Waals surface area (Å²) < 4.78 is 112. The summed E-state index contributed by atoms with van der Waals surface area (Å²) in [4.78, 5) is 0. The van der Waals surface area contributed by atoms with Gasteiger partial charge in [0.1, 0.15) is 0 Å². The predicted molar refractivity (Wildman–Crippen MR) is 62.5 cm³/mol. The molecule has 0 aromatic heterocycles. The lowest BCUT2D eigenvalue weighted by molar-refractivity contribution is -0.388. The van der Waals surface area contributed by atoms with Crippen LogP contribution in [-0.4, -0.2) is 23.9 Å². The van der Waals surface area contributed by atoms with E-state index in [4.69, 9.17) is 0 Å². The molecule has 0 aliphatic carbocycles. The summed E-state index contributed by atoms with van der Waals surface area (Å²) in [6.07, 6.45) is -6.60. The van der Waals surface area contributed by atoms with Crippen molar-refractivity contribution in [1.29, 1.82) is 0 Å². The first-order valence-corrected chi connectivity index (χ1v) is 6.36. The molecule has 0 unspecified atom stereocenters. The van der Waals surface area contributed by atoms with Crippen LogP contribution in [0.2, 0.25) is 0 Å². The van der Waals surface area contributed by atoms with Crippen LogP contribution in [0.25, 0.3) is 0 Å². The van der Waals surface area contributed by atoms with Gasteiger partial charge in [-0.3, -0.25) is 0 Å². The highest BCUT2D eigenvalue weighted by molar-refractivity contribution is 14.1. The van der Waals surface area contributed by atoms with Gasteiger partial charge < -0.3 is 0 Å². The van der Waals surface area contributed by atoms with Crippen molar-refractivity contribution < 1.29 is 39.5 Å². The van der Waals surface area contributed by atoms with Gasteiger partial charge >= 0.3 is 23.9 Å². The van der Waals surface area contributed by atoms with E-state index < -0.39 is 33.6 Å². The van der Waals surface area contributed by atoms with E-state index in [1.54, 1.807) is 6.92 Å². The van der Waals surface area contributed by atoms with Gasteiger partial charge in [0.2, 0.25) is 0 Å². The van der Waals surface area contributed by atoms with Crippen molar-refractivity contribution in [3.63, 3.8) is 0 Å². The molecule has 0 atom stereocenters. The molecule has 0 bridgehead atoms. The Bertz CT molecular complexity index is 356. The smallest absolute Gasteiger partial charge is 0.195 e. The van der Waals surface area contributed by atoms with E-state index in [1.165, 1.54) is 22.6 Å². The molecule has 0 heterocycles. The topological polar surface area (TPSA) is 0 Å².